The molecule has 20 heavy (non-hydrogen) atoms. The molecule has 2 heterocycles. The Hall–Kier alpha value is -2.39. The molecule has 0 bridgehead atoms. The molecule has 0 fully saturated rings. The van der Waals surface area contributed by atoms with Crippen LogP contribution in [0.5, 0.6) is 0 Å². The zero-order valence-electron chi connectivity index (χ0n) is 10.9. The summed E-state index contributed by atoms with van der Waals surface area (Å²) in [4.78, 5) is 7.36. The molecule has 0 saturated carbocycles. The Morgan fingerprint density at radius 2 is 2.35 bits per heavy atom. The number of hydrogen-bond donors (Lipinski definition) is 1. The Morgan fingerprint density at radius 1 is 1.50 bits per heavy atom. The molecule has 3 rings (SSSR count). The number of aromatic amines is 1. The van der Waals surface area contributed by atoms with Crippen LogP contribution < -0.4 is 0 Å². The Bertz CT molecular complexity index is 865. The van der Waals surface area contributed by atoms with E-state index in [1.165, 1.54) is 0 Å². The smallest absolute Gasteiger partial charge is 0.214 e. The molecule has 0 amide bonds. The lowest BCUT2D eigenvalue weighted by Crippen LogP contribution is -2.00. The van der Waals surface area contributed by atoms with Crippen molar-refractivity contribution in [2.24, 2.45) is 0 Å². The summed E-state index contributed by atoms with van der Waals surface area (Å²) >= 11 is 5.32. The molecule has 100 valence electrons. The largest absolute Gasteiger partial charge is 0.444 e. The lowest BCUT2D eigenvalue weighted by Gasteiger charge is -2.01. The molecule has 1 aromatic carbocycles. The predicted octanol–water partition coefficient (Wildman–Crippen LogP) is 3.17. The van der Waals surface area contributed by atoms with Crippen molar-refractivity contribution in [1.29, 1.82) is 5.26 Å². The minimum absolute atomic E-state index is 0.452. The van der Waals surface area contributed by atoms with E-state index in [9.17, 15) is 0 Å². The van der Waals surface area contributed by atoms with Gasteiger partial charge in [-0.15, -0.1) is 0 Å². The van der Waals surface area contributed by atoms with Crippen LogP contribution in [0.15, 0.2) is 28.8 Å². The first-order chi connectivity index (χ1) is 9.71. The van der Waals surface area contributed by atoms with Gasteiger partial charge in [-0.2, -0.15) is 5.26 Å². The molecule has 0 aliphatic heterocycles. The number of hydrogen-bond acceptors (Lipinski definition) is 4. The van der Waals surface area contributed by atoms with Gasteiger partial charge in [-0.05, 0) is 30.4 Å². The van der Waals surface area contributed by atoms with Crippen molar-refractivity contribution in [3.8, 4) is 6.07 Å². The second-order valence-corrected chi connectivity index (χ2v) is 4.82. The maximum Gasteiger partial charge on any atom is 0.214 e. The zero-order valence-corrected chi connectivity index (χ0v) is 11.7. The highest BCUT2D eigenvalue weighted by atomic mass is 32.1. The number of aryl methyl sites for hydroxylation is 1. The van der Waals surface area contributed by atoms with Crippen LogP contribution in [-0.2, 0) is 13.0 Å². The third-order valence-corrected chi connectivity index (χ3v) is 3.47. The number of fused-ring (bicyclic) bond motifs is 1. The van der Waals surface area contributed by atoms with Gasteiger partial charge < -0.3 is 14.0 Å². The number of nitrogens with zero attached hydrogens (tertiary/aromatic N) is 3. The predicted molar refractivity (Wildman–Crippen MR) is 76.8 cm³/mol. The molecule has 0 atom stereocenters. The average Bonchev–Trinajstić information content (AvgIpc) is 3.04. The van der Waals surface area contributed by atoms with Crippen molar-refractivity contribution in [3.63, 3.8) is 0 Å². The second kappa shape index (κ2) is 4.94. The Labute approximate surface area is 120 Å². The highest BCUT2D eigenvalue weighted by molar-refractivity contribution is 7.71. The van der Waals surface area contributed by atoms with Crippen LogP contribution >= 0.6 is 12.2 Å². The van der Waals surface area contributed by atoms with E-state index in [2.05, 4.69) is 16.0 Å². The van der Waals surface area contributed by atoms with Crippen molar-refractivity contribution < 1.29 is 4.42 Å². The van der Waals surface area contributed by atoms with Gasteiger partial charge in [0.25, 0.3) is 0 Å². The number of imidazole rings is 1. The number of aromatic nitrogens is 3. The third-order valence-electron chi connectivity index (χ3n) is 3.15. The fourth-order valence-electron chi connectivity index (χ4n) is 2.10. The maximum atomic E-state index is 8.99. The van der Waals surface area contributed by atoms with Crippen LogP contribution in [0.4, 0.5) is 0 Å². The summed E-state index contributed by atoms with van der Waals surface area (Å²) in [6.07, 6.45) is 2.54. The molecule has 0 radical (unpaired) electrons. The van der Waals surface area contributed by atoms with E-state index in [0.29, 0.717) is 22.8 Å². The Kier molecular flexibility index (Phi) is 3.12. The molecule has 0 aliphatic rings. The Balaban J connectivity index is 2.08. The maximum absolute atomic E-state index is 8.99. The van der Waals surface area contributed by atoms with Crippen LogP contribution in [0.25, 0.3) is 11.0 Å². The molecule has 6 heteroatoms. The first kappa shape index (κ1) is 12.6. The number of oxazole rings is 1. The average molecular weight is 284 g/mol. The molecule has 1 N–H and O–H groups in total. The van der Waals surface area contributed by atoms with Crippen molar-refractivity contribution in [1.82, 2.24) is 14.5 Å². The van der Waals surface area contributed by atoms with Gasteiger partial charge >= 0.3 is 0 Å². The van der Waals surface area contributed by atoms with Crippen molar-refractivity contribution in [2.75, 3.05) is 0 Å². The van der Waals surface area contributed by atoms with E-state index in [1.54, 1.807) is 12.3 Å². The lowest BCUT2D eigenvalue weighted by atomic mass is 10.2. The van der Waals surface area contributed by atoms with Gasteiger partial charge in [0, 0.05) is 6.42 Å². The van der Waals surface area contributed by atoms with Gasteiger partial charge in [-0.1, -0.05) is 6.92 Å². The molecule has 0 saturated heterocycles. The molecular formula is C14H12N4OS. The van der Waals surface area contributed by atoms with E-state index in [4.69, 9.17) is 21.9 Å². The molecule has 3 aromatic rings. The molecule has 0 aliphatic carbocycles. The summed E-state index contributed by atoms with van der Waals surface area (Å²) in [5.74, 6) is 1.46. The van der Waals surface area contributed by atoms with E-state index in [-0.39, 0.29) is 0 Å². The number of nitriles is 1. The first-order valence-corrected chi connectivity index (χ1v) is 6.68. The van der Waals surface area contributed by atoms with Crippen LogP contribution in [0.1, 0.15) is 24.1 Å². The summed E-state index contributed by atoms with van der Waals surface area (Å²) < 4.78 is 8.08. The SMILES string of the molecule is CCc1cnc(Cn2c(=S)[nH]c3ccc(C#N)cc32)o1. The molecule has 0 spiro atoms. The van der Waals surface area contributed by atoms with Crippen molar-refractivity contribution in [3.05, 3.63) is 46.4 Å². The summed E-state index contributed by atoms with van der Waals surface area (Å²) in [7, 11) is 0. The monoisotopic (exact) mass is 284 g/mol. The van der Waals surface area contributed by atoms with E-state index in [1.807, 2.05) is 23.6 Å². The molecular weight excluding hydrogens is 272 g/mol. The van der Waals surface area contributed by atoms with Crippen molar-refractivity contribution in [2.45, 2.75) is 19.9 Å². The molecule has 0 unspecified atom stereocenters. The summed E-state index contributed by atoms with van der Waals surface area (Å²) in [5, 5.41) is 8.99. The van der Waals surface area contributed by atoms with Gasteiger partial charge in [0.05, 0.1) is 28.9 Å². The highest BCUT2D eigenvalue weighted by Crippen LogP contribution is 2.17. The number of nitrogens with one attached hydrogen (secondary N) is 1. The minimum atomic E-state index is 0.452. The van der Waals surface area contributed by atoms with E-state index in [0.717, 1.165) is 23.2 Å². The first-order valence-electron chi connectivity index (χ1n) is 6.27. The number of H-pyrrole nitrogens is 1. The van der Waals surface area contributed by atoms with Gasteiger partial charge in [0.2, 0.25) is 5.89 Å². The van der Waals surface area contributed by atoms with Crippen LogP contribution in [0.2, 0.25) is 0 Å². The van der Waals surface area contributed by atoms with E-state index < -0.39 is 0 Å². The zero-order chi connectivity index (χ0) is 14.1. The summed E-state index contributed by atoms with van der Waals surface area (Å²) in [5.41, 5.74) is 2.38. The highest BCUT2D eigenvalue weighted by Gasteiger charge is 2.09. The fourth-order valence-corrected chi connectivity index (χ4v) is 2.37. The summed E-state index contributed by atoms with van der Waals surface area (Å²) in [6.45, 7) is 2.47. The lowest BCUT2D eigenvalue weighted by molar-refractivity contribution is 0.447. The third kappa shape index (κ3) is 2.12. The van der Waals surface area contributed by atoms with E-state index >= 15 is 0 Å². The standard InChI is InChI=1S/C14H12N4OS/c1-2-10-7-16-13(19-10)8-18-12-5-9(6-15)3-4-11(12)17-14(18)20/h3-5,7H,2,8H2,1H3,(H,17,20). The Morgan fingerprint density at radius 3 is 3.05 bits per heavy atom. The van der Waals surface area contributed by atoms with Crippen LogP contribution in [-0.4, -0.2) is 14.5 Å². The summed E-state index contributed by atoms with van der Waals surface area (Å²) in [6, 6.07) is 7.56. The van der Waals surface area contributed by atoms with Gasteiger partial charge in [-0.25, -0.2) is 4.98 Å². The van der Waals surface area contributed by atoms with Gasteiger partial charge in [0.15, 0.2) is 4.77 Å². The fraction of sp³-hybridized carbons (Fsp3) is 0.214. The number of rotatable bonds is 3. The van der Waals surface area contributed by atoms with Crippen LogP contribution in [0.3, 0.4) is 0 Å². The number of benzene rings is 1. The molecule has 5 nitrogen and oxygen atoms in total. The normalized spacial score (nSPS) is 10.8. The van der Waals surface area contributed by atoms with Crippen LogP contribution in [0, 0.1) is 16.1 Å². The van der Waals surface area contributed by atoms with Crippen molar-refractivity contribution >= 4 is 23.3 Å². The second-order valence-electron chi connectivity index (χ2n) is 4.43. The topological polar surface area (TPSA) is 70.5 Å². The quantitative estimate of drug-likeness (QED) is 0.750. The minimum Gasteiger partial charge on any atom is -0.444 e. The van der Waals surface area contributed by atoms with Gasteiger partial charge in [0.1, 0.15) is 12.3 Å². The molecule has 2 aromatic heterocycles. The van der Waals surface area contributed by atoms with Gasteiger partial charge in [-0.3, -0.25) is 0 Å².